The number of pyridine rings is 2. The Bertz CT molecular complexity index is 2940. The maximum absolute atomic E-state index is 12.1. The number of phenolic OH excluding ortho intramolecular Hbond substituents is 2. The van der Waals surface area contributed by atoms with E-state index in [-0.39, 0.29) is 34.1 Å². The molecule has 16 nitrogen and oxygen atoms in total. The molecule has 2 amide bonds. The first-order valence-corrected chi connectivity index (χ1v) is 28.4. The number of likely N-dealkylation sites (tertiary alicyclic amines) is 4. The molecule has 0 saturated carbocycles. The van der Waals surface area contributed by atoms with Crippen LogP contribution >= 0.6 is 23.2 Å². The van der Waals surface area contributed by atoms with Crippen LogP contribution in [-0.2, 0) is 35.5 Å². The maximum Gasteiger partial charge on any atom is 0.245 e. The van der Waals surface area contributed by atoms with Crippen LogP contribution in [0.15, 0.2) is 61.7 Å². The third-order valence-electron chi connectivity index (χ3n) is 18.2. The van der Waals surface area contributed by atoms with Gasteiger partial charge in [-0.15, -0.1) is 0 Å². The third kappa shape index (κ3) is 10.2. The summed E-state index contributed by atoms with van der Waals surface area (Å²) in [6.45, 7) is 20.8. The van der Waals surface area contributed by atoms with Crippen LogP contribution in [0.2, 0.25) is 10.0 Å². The molecule has 2 spiro atoms. The molecule has 2 atom stereocenters. The third-order valence-corrected chi connectivity index (χ3v) is 18.8. The minimum atomic E-state index is -0.0297. The van der Waals surface area contributed by atoms with Crippen LogP contribution in [0.5, 0.6) is 11.5 Å². The zero-order chi connectivity index (χ0) is 54.6. The molecule has 2 aromatic carbocycles. The van der Waals surface area contributed by atoms with Gasteiger partial charge in [-0.1, -0.05) is 36.4 Å². The Hall–Kier alpha value is -6.24. The highest BCUT2D eigenvalue weighted by Crippen LogP contribution is 2.48. The molecule has 18 heteroatoms. The van der Waals surface area contributed by atoms with Crippen molar-refractivity contribution in [2.75, 3.05) is 116 Å². The number of rotatable bonds is 8. The monoisotopic (exact) mass is 1090 g/mol. The van der Waals surface area contributed by atoms with Crippen molar-refractivity contribution in [3.05, 3.63) is 105 Å². The summed E-state index contributed by atoms with van der Waals surface area (Å²) < 4.78 is 0. The largest absolute Gasteiger partial charge is 0.508 e. The van der Waals surface area contributed by atoms with Gasteiger partial charge in [0, 0.05) is 147 Å². The molecule has 4 aromatic rings. The number of hydrogen-bond acceptors (Lipinski definition) is 14. The topological polar surface area (TPSA) is 174 Å². The Labute approximate surface area is 468 Å². The van der Waals surface area contributed by atoms with E-state index in [1.54, 1.807) is 36.4 Å². The van der Waals surface area contributed by atoms with Crippen LogP contribution in [0.4, 0.5) is 11.6 Å². The van der Waals surface area contributed by atoms with Gasteiger partial charge in [-0.2, -0.15) is 10.5 Å². The van der Waals surface area contributed by atoms with Crippen molar-refractivity contribution in [3.63, 3.8) is 0 Å². The van der Waals surface area contributed by atoms with Gasteiger partial charge in [0.2, 0.25) is 11.8 Å². The molecule has 6 fully saturated rings. The molecule has 8 aliphatic heterocycles. The minimum Gasteiger partial charge on any atom is -0.508 e. The second-order valence-corrected chi connectivity index (χ2v) is 24.3. The first kappa shape index (κ1) is 53.7. The minimum absolute atomic E-state index is 0.0184. The summed E-state index contributed by atoms with van der Waals surface area (Å²) in [5.74, 6) is 1.57. The molecular formula is C60H70Cl2N12O4. The Balaban J connectivity index is 0.000000165. The fraction of sp³-hybridized carbons (Fsp3) is 0.500. The van der Waals surface area contributed by atoms with Gasteiger partial charge < -0.3 is 39.6 Å². The number of piperidine rings is 2. The normalized spacial score (nSPS) is 22.8. The summed E-state index contributed by atoms with van der Waals surface area (Å²) in [6.07, 6.45) is 11.0. The van der Waals surface area contributed by atoms with Crippen molar-refractivity contribution in [3.8, 4) is 45.9 Å². The van der Waals surface area contributed by atoms with E-state index in [1.807, 2.05) is 9.80 Å². The smallest absolute Gasteiger partial charge is 0.245 e. The summed E-state index contributed by atoms with van der Waals surface area (Å²) in [6, 6.07) is 15.8. The molecule has 0 bridgehead atoms. The van der Waals surface area contributed by atoms with E-state index in [4.69, 9.17) is 33.2 Å². The predicted octanol–water partition coefficient (Wildman–Crippen LogP) is 7.31. The number of halogens is 2. The van der Waals surface area contributed by atoms with E-state index in [2.05, 4.69) is 68.8 Å². The molecule has 0 unspecified atom stereocenters. The molecule has 0 radical (unpaired) electrons. The van der Waals surface area contributed by atoms with Gasteiger partial charge in [-0.05, 0) is 138 Å². The number of amides is 2. The highest BCUT2D eigenvalue weighted by molar-refractivity contribution is 6.34. The summed E-state index contributed by atoms with van der Waals surface area (Å²) in [7, 11) is 4.38. The number of aromatic nitrogens is 2. The van der Waals surface area contributed by atoms with Gasteiger partial charge >= 0.3 is 0 Å². The number of likely N-dealkylation sites (N-methyl/N-ethyl adjacent to an activating group) is 2. The zero-order valence-electron chi connectivity index (χ0n) is 45.0. The van der Waals surface area contributed by atoms with Gasteiger partial charge in [0.15, 0.2) is 0 Å². The number of benzene rings is 2. The number of nitriles is 2. The molecule has 2 aromatic heterocycles. The Morgan fingerprint density at radius 2 is 1.05 bits per heavy atom. The van der Waals surface area contributed by atoms with E-state index >= 15 is 0 Å². The van der Waals surface area contributed by atoms with E-state index in [9.17, 15) is 30.3 Å². The molecule has 2 N–H and O–H groups in total. The zero-order valence-corrected chi connectivity index (χ0v) is 46.5. The lowest BCUT2D eigenvalue weighted by Gasteiger charge is -2.47. The van der Waals surface area contributed by atoms with Crippen molar-refractivity contribution in [1.29, 1.82) is 10.5 Å². The number of aromatic hydroxyl groups is 2. The number of phenols is 2. The summed E-state index contributed by atoms with van der Waals surface area (Å²) in [5.41, 5.74) is 8.14. The average Bonchev–Trinajstić information content (AvgIpc) is 4.27. The number of nitrogens with zero attached hydrogens (tertiary/aromatic N) is 12. The summed E-state index contributed by atoms with van der Waals surface area (Å²) in [5, 5.41) is 42.8. The van der Waals surface area contributed by atoms with Gasteiger partial charge in [-0.25, -0.2) is 9.97 Å². The predicted molar refractivity (Wildman–Crippen MR) is 303 cm³/mol. The molecule has 8 aliphatic rings. The van der Waals surface area contributed by atoms with E-state index < -0.39 is 0 Å². The second kappa shape index (κ2) is 21.8. The van der Waals surface area contributed by atoms with Crippen molar-refractivity contribution >= 4 is 46.7 Å². The first-order chi connectivity index (χ1) is 37.6. The van der Waals surface area contributed by atoms with Crippen LogP contribution in [-0.4, -0.2) is 179 Å². The van der Waals surface area contributed by atoms with E-state index in [0.717, 1.165) is 138 Å². The van der Waals surface area contributed by atoms with E-state index in [0.29, 0.717) is 82.2 Å². The number of hydrogen-bond donors (Lipinski definition) is 2. The summed E-state index contributed by atoms with van der Waals surface area (Å²) in [4.78, 5) is 52.6. The second-order valence-electron chi connectivity index (χ2n) is 23.5. The van der Waals surface area contributed by atoms with Crippen molar-refractivity contribution in [2.24, 2.45) is 10.8 Å². The average molecular weight is 1090 g/mol. The lowest BCUT2D eigenvalue weighted by Crippen LogP contribution is -2.59. The summed E-state index contributed by atoms with van der Waals surface area (Å²) >= 11 is 13.4. The maximum atomic E-state index is 12.1. The fourth-order valence-corrected chi connectivity index (χ4v) is 14.6. The quantitative estimate of drug-likeness (QED) is 0.168. The molecule has 0 aliphatic carbocycles. The van der Waals surface area contributed by atoms with Crippen molar-refractivity contribution < 1.29 is 19.8 Å². The Kier molecular flexibility index (Phi) is 15.0. The molecule has 12 rings (SSSR count). The van der Waals surface area contributed by atoms with Crippen molar-refractivity contribution in [2.45, 2.75) is 76.5 Å². The molecule has 78 heavy (non-hydrogen) atoms. The number of carbonyl (C=O) groups is 2. The lowest BCUT2D eigenvalue weighted by molar-refractivity contribution is -0.137. The van der Waals surface area contributed by atoms with Gasteiger partial charge in [0.25, 0.3) is 0 Å². The molecule has 10 heterocycles. The number of fused-ring (bicyclic) bond motifs is 2. The van der Waals surface area contributed by atoms with Gasteiger partial charge in [0.1, 0.15) is 46.4 Å². The van der Waals surface area contributed by atoms with Crippen LogP contribution < -0.4 is 9.80 Å². The standard InChI is InChI=1S/2C30H35ClN6O2/c2*1-3-27(39)37-18-30(19-37)9-12-36(17-30)29-24(14-32)28(23-13-21(38)6-7-25(23)31)22-8-11-35(16-26(22)33-29)20-5-4-10-34(2)15-20/h2*3,6-7,13,20,38H,1,4-5,8-12,15-19H2,2H3/t2*20-/m10/s1. The Morgan fingerprint density at radius 1 is 0.641 bits per heavy atom. The first-order valence-electron chi connectivity index (χ1n) is 27.7. The van der Waals surface area contributed by atoms with Crippen LogP contribution in [0.3, 0.4) is 0 Å². The Morgan fingerprint density at radius 3 is 1.42 bits per heavy atom. The van der Waals surface area contributed by atoms with Gasteiger partial charge in [0.05, 0.1) is 11.4 Å². The van der Waals surface area contributed by atoms with Gasteiger partial charge in [-0.3, -0.25) is 19.4 Å². The molecule has 408 valence electrons. The van der Waals surface area contributed by atoms with Crippen molar-refractivity contribution in [1.82, 2.24) is 39.4 Å². The number of anilines is 2. The van der Waals surface area contributed by atoms with Crippen LogP contribution in [0.1, 0.15) is 72.2 Å². The molecular weight excluding hydrogens is 1020 g/mol. The number of carbonyl (C=O) groups excluding carboxylic acids is 2. The van der Waals surface area contributed by atoms with Crippen LogP contribution in [0.25, 0.3) is 22.3 Å². The highest BCUT2D eigenvalue weighted by atomic mass is 35.5. The fourth-order valence-electron chi connectivity index (χ4n) is 14.2. The molecule has 6 saturated heterocycles. The SMILES string of the molecule is C=CC(=O)N1CC2(CCN(c3nc4c(c(-c5cc(O)ccc5Cl)c3C#N)CCN([C@@H]3CCCN(C)C3)C4)C2)C1.C=CC(=O)N1CC2(CCN(c3nc4c(c(-c5cc(O)ccc5Cl)c3C#N)CCN([C@H]3CCCN(C)C3)C4)C2)C1. The van der Waals surface area contributed by atoms with Crippen LogP contribution in [0, 0.1) is 33.5 Å². The van der Waals surface area contributed by atoms with E-state index in [1.165, 1.54) is 37.8 Å². The highest BCUT2D eigenvalue weighted by Gasteiger charge is 2.51. The lowest BCUT2D eigenvalue weighted by atomic mass is 9.79.